The Balaban J connectivity index is 1.75. The highest BCUT2D eigenvalue weighted by molar-refractivity contribution is 5.85. The fourth-order valence-electron chi connectivity index (χ4n) is 3.54. The van der Waals surface area contributed by atoms with Gasteiger partial charge in [0.25, 0.3) is 0 Å². The smallest absolute Gasteiger partial charge is 0.239 e. The number of amides is 1. The summed E-state index contributed by atoms with van der Waals surface area (Å²) in [4.78, 5) is 25.8. The average molecular weight is 303 g/mol. The maximum Gasteiger partial charge on any atom is 0.239 e. The standard InChI is InChI=1S/C16H25N5O/c1-16(14(22)17-2)7-5-11-21(16)12-13-6-8-18-15(19-13)20-9-3-4-10-20/h6,8H,3-5,7,9-12H2,1-2H3,(H,17,22)/t16-/m0/s1. The fraction of sp³-hybridized carbons (Fsp3) is 0.688. The molecule has 6 heteroatoms. The third-order valence-corrected chi connectivity index (χ3v) is 4.95. The lowest BCUT2D eigenvalue weighted by Gasteiger charge is -2.33. The Morgan fingerprint density at radius 2 is 2.09 bits per heavy atom. The van der Waals surface area contributed by atoms with Crippen LogP contribution in [0.25, 0.3) is 0 Å². The van der Waals surface area contributed by atoms with Crippen molar-refractivity contribution in [2.24, 2.45) is 0 Å². The number of rotatable bonds is 4. The second-order valence-corrected chi connectivity index (χ2v) is 6.42. The maximum atomic E-state index is 12.2. The zero-order valence-electron chi connectivity index (χ0n) is 13.5. The van der Waals surface area contributed by atoms with Gasteiger partial charge in [0.05, 0.1) is 11.2 Å². The number of hydrogen-bond donors (Lipinski definition) is 1. The van der Waals surface area contributed by atoms with Crippen molar-refractivity contribution < 1.29 is 4.79 Å². The van der Waals surface area contributed by atoms with E-state index in [-0.39, 0.29) is 5.91 Å². The van der Waals surface area contributed by atoms with E-state index >= 15 is 0 Å². The molecule has 0 radical (unpaired) electrons. The van der Waals surface area contributed by atoms with Gasteiger partial charge in [0, 0.05) is 32.9 Å². The van der Waals surface area contributed by atoms with Gasteiger partial charge in [-0.2, -0.15) is 0 Å². The molecule has 0 saturated carbocycles. The first-order valence-corrected chi connectivity index (χ1v) is 8.17. The molecule has 22 heavy (non-hydrogen) atoms. The van der Waals surface area contributed by atoms with Crippen LogP contribution in [0.15, 0.2) is 12.3 Å². The summed E-state index contributed by atoms with van der Waals surface area (Å²) in [6.45, 7) is 5.76. The van der Waals surface area contributed by atoms with Gasteiger partial charge in [0.2, 0.25) is 11.9 Å². The van der Waals surface area contributed by atoms with E-state index in [9.17, 15) is 4.79 Å². The molecule has 2 saturated heterocycles. The van der Waals surface area contributed by atoms with E-state index in [2.05, 4.69) is 20.1 Å². The zero-order valence-corrected chi connectivity index (χ0v) is 13.5. The van der Waals surface area contributed by atoms with E-state index < -0.39 is 5.54 Å². The molecule has 6 nitrogen and oxygen atoms in total. The monoisotopic (exact) mass is 303 g/mol. The summed E-state index contributed by atoms with van der Waals surface area (Å²) in [6, 6.07) is 1.96. The van der Waals surface area contributed by atoms with Gasteiger partial charge in [-0.05, 0) is 45.2 Å². The Labute approximate surface area is 131 Å². The summed E-state index contributed by atoms with van der Waals surface area (Å²) in [7, 11) is 1.71. The summed E-state index contributed by atoms with van der Waals surface area (Å²) >= 11 is 0. The van der Waals surface area contributed by atoms with Crippen molar-refractivity contribution in [1.82, 2.24) is 20.2 Å². The van der Waals surface area contributed by atoms with Crippen molar-refractivity contribution in [1.29, 1.82) is 0 Å². The van der Waals surface area contributed by atoms with Gasteiger partial charge in [-0.3, -0.25) is 9.69 Å². The van der Waals surface area contributed by atoms with Crippen LogP contribution in [0.3, 0.4) is 0 Å². The quantitative estimate of drug-likeness (QED) is 0.905. The summed E-state index contributed by atoms with van der Waals surface area (Å²) in [5.74, 6) is 0.926. The van der Waals surface area contributed by atoms with Crippen LogP contribution in [0, 0.1) is 0 Å². The summed E-state index contributed by atoms with van der Waals surface area (Å²) < 4.78 is 0. The van der Waals surface area contributed by atoms with Crippen molar-refractivity contribution in [3.05, 3.63) is 18.0 Å². The summed E-state index contributed by atoms with van der Waals surface area (Å²) in [6.07, 6.45) is 6.22. The Hall–Kier alpha value is -1.69. The third kappa shape index (κ3) is 2.79. The lowest BCUT2D eigenvalue weighted by molar-refractivity contribution is -0.130. The molecular formula is C16H25N5O. The second-order valence-electron chi connectivity index (χ2n) is 6.42. The number of nitrogens with one attached hydrogen (secondary N) is 1. The van der Waals surface area contributed by atoms with Gasteiger partial charge in [0.1, 0.15) is 0 Å². The van der Waals surface area contributed by atoms with Crippen molar-refractivity contribution in [2.45, 2.75) is 44.7 Å². The van der Waals surface area contributed by atoms with E-state index in [1.54, 1.807) is 7.05 Å². The molecule has 0 aliphatic carbocycles. The summed E-state index contributed by atoms with van der Waals surface area (Å²) in [5.41, 5.74) is 0.571. The minimum Gasteiger partial charge on any atom is -0.358 e. The van der Waals surface area contributed by atoms with Crippen LogP contribution < -0.4 is 10.2 Å². The molecule has 120 valence electrons. The van der Waals surface area contributed by atoms with E-state index in [0.29, 0.717) is 6.54 Å². The molecule has 1 N–H and O–H groups in total. The SMILES string of the molecule is CNC(=O)[C@]1(C)CCCN1Cc1ccnc(N2CCCC2)n1. The van der Waals surface area contributed by atoms with Crippen LogP contribution in [0.5, 0.6) is 0 Å². The molecule has 1 atom stereocenters. The maximum absolute atomic E-state index is 12.2. The van der Waals surface area contributed by atoms with E-state index in [1.807, 2.05) is 19.2 Å². The van der Waals surface area contributed by atoms with Crippen LogP contribution in [0.1, 0.15) is 38.3 Å². The molecule has 3 rings (SSSR count). The van der Waals surface area contributed by atoms with Gasteiger partial charge < -0.3 is 10.2 Å². The van der Waals surface area contributed by atoms with Crippen molar-refractivity contribution in [2.75, 3.05) is 31.6 Å². The lowest BCUT2D eigenvalue weighted by Crippen LogP contribution is -2.52. The number of nitrogens with zero attached hydrogens (tertiary/aromatic N) is 4. The van der Waals surface area contributed by atoms with Crippen LogP contribution in [0.2, 0.25) is 0 Å². The van der Waals surface area contributed by atoms with E-state index in [1.165, 1.54) is 12.8 Å². The number of carbonyl (C=O) groups is 1. The van der Waals surface area contributed by atoms with E-state index in [4.69, 9.17) is 4.98 Å². The Bertz CT molecular complexity index is 543. The fourth-order valence-corrected chi connectivity index (χ4v) is 3.54. The molecule has 0 aromatic carbocycles. The molecule has 0 spiro atoms. The normalized spacial score (nSPS) is 25.6. The minimum atomic E-state index is -0.423. The number of hydrogen-bond acceptors (Lipinski definition) is 5. The van der Waals surface area contributed by atoms with Crippen molar-refractivity contribution >= 4 is 11.9 Å². The number of carbonyl (C=O) groups excluding carboxylic acids is 1. The highest BCUT2D eigenvalue weighted by Gasteiger charge is 2.42. The van der Waals surface area contributed by atoms with Gasteiger partial charge in [0.15, 0.2) is 0 Å². The predicted molar refractivity (Wildman–Crippen MR) is 85.6 cm³/mol. The first-order chi connectivity index (χ1) is 10.6. The Kier molecular flexibility index (Phi) is 4.29. The van der Waals surface area contributed by atoms with E-state index in [0.717, 1.165) is 44.1 Å². The Morgan fingerprint density at radius 1 is 1.32 bits per heavy atom. The highest BCUT2D eigenvalue weighted by atomic mass is 16.2. The molecule has 0 bridgehead atoms. The van der Waals surface area contributed by atoms with Crippen LogP contribution in [0.4, 0.5) is 5.95 Å². The first-order valence-electron chi connectivity index (χ1n) is 8.17. The number of likely N-dealkylation sites (N-methyl/N-ethyl adjacent to an activating group) is 1. The molecule has 1 amide bonds. The molecule has 1 aromatic rings. The highest BCUT2D eigenvalue weighted by Crippen LogP contribution is 2.30. The van der Waals surface area contributed by atoms with Gasteiger partial charge in [-0.1, -0.05) is 0 Å². The van der Waals surface area contributed by atoms with Crippen molar-refractivity contribution in [3.63, 3.8) is 0 Å². The Morgan fingerprint density at radius 3 is 2.82 bits per heavy atom. The molecular weight excluding hydrogens is 278 g/mol. The molecule has 3 heterocycles. The van der Waals surface area contributed by atoms with Gasteiger partial charge >= 0.3 is 0 Å². The molecule has 2 aliphatic heterocycles. The van der Waals surface area contributed by atoms with Gasteiger partial charge in [-0.25, -0.2) is 9.97 Å². The van der Waals surface area contributed by atoms with Crippen LogP contribution >= 0.6 is 0 Å². The first kappa shape index (κ1) is 15.2. The van der Waals surface area contributed by atoms with Crippen LogP contribution in [-0.2, 0) is 11.3 Å². The van der Waals surface area contributed by atoms with Crippen molar-refractivity contribution in [3.8, 4) is 0 Å². The van der Waals surface area contributed by atoms with Gasteiger partial charge in [-0.15, -0.1) is 0 Å². The number of aromatic nitrogens is 2. The molecule has 1 aromatic heterocycles. The average Bonchev–Trinajstić information content (AvgIpc) is 3.18. The second kappa shape index (κ2) is 6.20. The molecule has 2 fully saturated rings. The number of likely N-dealkylation sites (tertiary alicyclic amines) is 1. The predicted octanol–water partition coefficient (Wildman–Crippen LogP) is 1.18. The van der Waals surface area contributed by atoms with Crippen LogP contribution in [-0.4, -0.2) is 53.0 Å². The third-order valence-electron chi connectivity index (χ3n) is 4.95. The number of anilines is 1. The topological polar surface area (TPSA) is 61.4 Å². The minimum absolute atomic E-state index is 0.0961. The lowest BCUT2D eigenvalue weighted by atomic mass is 9.97. The largest absolute Gasteiger partial charge is 0.358 e. The summed E-state index contributed by atoms with van der Waals surface area (Å²) in [5, 5.41) is 2.80. The molecule has 2 aliphatic rings. The zero-order chi connectivity index (χ0) is 15.6. The molecule has 0 unspecified atom stereocenters.